The van der Waals surface area contributed by atoms with Crippen molar-refractivity contribution in [1.82, 2.24) is 25.0 Å². The van der Waals surface area contributed by atoms with Gasteiger partial charge in [-0.1, -0.05) is 11.6 Å². The van der Waals surface area contributed by atoms with Crippen molar-refractivity contribution in [2.24, 2.45) is 0 Å². The predicted octanol–water partition coefficient (Wildman–Crippen LogP) is 0.949. The Morgan fingerprint density at radius 3 is 2.67 bits per heavy atom. The first-order valence-electron chi connectivity index (χ1n) is 4.99. The minimum Gasteiger partial charge on any atom is -0.274 e. The fourth-order valence-corrected chi connectivity index (χ4v) is 1.47. The van der Waals surface area contributed by atoms with Crippen LogP contribution in [-0.2, 0) is 4.84 Å². The molecule has 0 aromatic carbocycles. The monoisotopic (exact) mass is 267 g/mol. The summed E-state index contributed by atoms with van der Waals surface area (Å²) in [5.41, 5.74) is 0.543. The number of amides is 1. The normalized spacial score (nSPS) is 10.4. The van der Waals surface area contributed by atoms with Crippen molar-refractivity contribution >= 4 is 17.5 Å². The second kappa shape index (κ2) is 5.11. The standard InChI is InChI=1S/C10H10ClN5O2/c1-15(18-2)10(17)9-7(3-4-8(11)14-9)16-12-5-6-13-16/h3-6H,1-2H3. The summed E-state index contributed by atoms with van der Waals surface area (Å²) in [5.74, 6) is -0.438. The molecule has 0 spiro atoms. The van der Waals surface area contributed by atoms with Gasteiger partial charge in [-0.25, -0.2) is 10.0 Å². The van der Waals surface area contributed by atoms with E-state index in [0.29, 0.717) is 5.69 Å². The van der Waals surface area contributed by atoms with Gasteiger partial charge >= 0.3 is 0 Å². The summed E-state index contributed by atoms with van der Waals surface area (Å²) < 4.78 is 0. The van der Waals surface area contributed by atoms with Crippen LogP contribution in [0.1, 0.15) is 10.5 Å². The maximum atomic E-state index is 12.1. The van der Waals surface area contributed by atoms with Crippen LogP contribution < -0.4 is 0 Å². The molecule has 0 aliphatic heterocycles. The van der Waals surface area contributed by atoms with E-state index in [4.69, 9.17) is 16.4 Å². The van der Waals surface area contributed by atoms with E-state index < -0.39 is 5.91 Å². The third-order valence-electron chi connectivity index (χ3n) is 2.24. The molecule has 0 atom stereocenters. The molecule has 0 radical (unpaired) electrons. The molecular formula is C10H10ClN5O2. The number of hydroxylamine groups is 2. The van der Waals surface area contributed by atoms with Gasteiger partial charge in [0.25, 0.3) is 5.91 Å². The molecule has 94 valence electrons. The zero-order valence-corrected chi connectivity index (χ0v) is 10.5. The molecule has 2 heterocycles. The average molecular weight is 268 g/mol. The van der Waals surface area contributed by atoms with Crippen LogP contribution in [-0.4, -0.2) is 45.1 Å². The zero-order chi connectivity index (χ0) is 13.1. The van der Waals surface area contributed by atoms with Gasteiger partial charge in [0.05, 0.1) is 19.5 Å². The molecular weight excluding hydrogens is 258 g/mol. The van der Waals surface area contributed by atoms with Crippen molar-refractivity contribution in [2.45, 2.75) is 0 Å². The SMILES string of the molecule is CON(C)C(=O)c1nc(Cl)ccc1-n1nccn1. The summed E-state index contributed by atoms with van der Waals surface area (Å²) in [5, 5.41) is 9.17. The summed E-state index contributed by atoms with van der Waals surface area (Å²) in [7, 11) is 2.86. The van der Waals surface area contributed by atoms with Crippen LogP contribution in [0.2, 0.25) is 5.15 Å². The van der Waals surface area contributed by atoms with Gasteiger partial charge in [-0.2, -0.15) is 10.2 Å². The number of hydrogen-bond donors (Lipinski definition) is 0. The van der Waals surface area contributed by atoms with E-state index in [1.807, 2.05) is 0 Å². The van der Waals surface area contributed by atoms with Gasteiger partial charge < -0.3 is 0 Å². The third kappa shape index (κ3) is 2.31. The smallest absolute Gasteiger partial charge is 0.274 e. The third-order valence-corrected chi connectivity index (χ3v) is 2.45. The molecule has 0 aliphatic carbocycles. The molecule has 0 N–H and O–H groups in total. The van der Waals surface area contributed by atoms with E-state index in [-0.39, 0.29) is 10.8 Å². The first kappa shape index (κ1) is 12.5. The van der Waals surface area contributed by atoms with Crippen molar-refractivity contribution in [1.29, 1.82) is 0 Å². The van der Waals surface area contributed by atoms with E-state index in [9.17, 15) is 4.79 Å². The second-order valence-electron chi connectivity index (χ2n) is 3.31. The number of carbonyl (C=O) groups excluding carboxylic acids is 1. The number of aromatic nitrogens is 4. The molecule has 0 bridgehead atoms. The van der Waals surface area contributed by atoms with Gasteiger partial charge in [-0.05, 0) is 12.1 Å². The second-order valence-corrected chi connectivity index (χ2v) is 3.69. The van der Waals surface area contributed by atoms with Crippen molar-refractivity contribution in [3.63, 3.8) is 0 Å². The van der Waals surface area contributed by atoms with Gasteiger partial charge in [-0.15, -0.1) is 4.80 Å². The van der Waals surface area contributed by atoms with Crippen molar-refractivity contribution in [2.75, 3.05) is 14.2 Å². The van der Waals surface area contributed by atoms with Gasteiger partial charge in [0.1, 0.15) is 10.8 Å². The molecule has 0 aliphatic rings. The van der Waals surface area contributed by atoms with Crippen LogP contribution in [0.15, 0.2) is 24.5 Å². The summed E-state index contributed by atoms with van der Waals surface area (Å²) in [6, 6.07) is 3.18. The first-order chi connectivity index (χ1) is 8.63. The van der Waals surface area contributed by atoms with Crippen molar-refractivity contribution < 1.29 is 9.63 Å². The number of halogens is 1. The lowest BCUT2D eigenvalue weighted by molar-refractivity contribution is -0.0760. The van der Waals surface area contributed by atoms with Crippen LogP contribution in [0, 0.1) is 0 Å². The van der Waals surface area contributed by atoms with E-state index >= 15 is 0 Å². The Hall–Kier alpha value is -1.99. The Morgan fingerprint density at radius 1 is 1.39 bits per heavy atom. The van der Waals surface area contributed by atoms with Gasteiger partial charge in [-0.3, -0.25) is 9.63 Å². The average Bonchev–Trinajstić information content (AvgIpc) is 2.90. The predicted molar refractivity (Wildman–Crippen MR) is 63.3 cm³/mol. The highest BCUT2D eigenvalue weighted by atomic mass is 35.5. The van der Waals surface area contributed by atoms with Crippen LogP contribution in [0.5, 0.6) is 0 Å². The van der Waals surface area contributed by atoms with Crippen LogP contribution in [0.3, 0.4) is 0 Å². The molecule has 2 aromatic rings. The summed E-state index contributed by atoms with van der Waals surface area (Å²) in [6.45, 7) is 0. The fourth-order valence-electron chi connectivity index (χ4n) is 1.32. The Kier molecular flexibility index (Phi) is 3.54. The van der Waals surface area contributed by atoms with Crippen molar-refractivity contribution in [3.8, 4) is 5.69 Å². The lowest BCUT2D eigenvalue weighted by Crippen LogP contribution is -2.28. The molecule has 0 saturated carbocycles. The highest BCUT2D eigenvalue weighted by Gasteiger charge is 2.20. The lowest BCUT2D eigenvalue weighted by Gasteiger charge is -2.14. The van der Waals surface area contributed by atoms with Gasteiger partial charge in [0.2, 0.25) is 0 Å². The molecule has 7 nitrogen and oxygen atoms in total. The Bertz CT molecular complexity index is 557. The Labute approximate surface area is 108 Å². The topological polar surface area (TPSA) is 73.1 Å². The number of nitrogens with zero attached hydrogens (tertiary/aromatic N) is 5. The summed E-state index contributed by atoms with van der Waals surface area (Å²) in [6.07, 6.45) is 3.01. The van der Waals surface area contributed by atoms with Crippen LogP contribution >= 0.6 is 11.6 Å². The van der Waals surface area contributed by atoms with E-state index in [1.54, 1.807) is 12.1 Å². The molecule has 0 fully saturated rings. The first-order valence-corrected chi connectivity index (χ1v) is 5.36. The largest absolute Gasteiger partial charge is 0.298 e. The molecule has 2 aromatic heterocycles. The van der Waals surface area contributed by atoms with Crippen molar-refractivity contribution in [3.05, 3.63) is 35.4 Å². The maximum absolute atomic E-state index is 12.1. The van der Waals surface area contributed by atoms with E-state index in [0.717, 1.165) is 5.06 Å². The summed E-state index contributed by atoms with van der Waals surface area (Å²) in [4.78, 5) is 22.2. The minimum absolute atomic E-state index is 0.114. The van der Waals surface area contributed by atoms with Crippen LogP contribution in [0.25, 0.3) is 5.69 Å². The Balaban J connectivity index is 2.51. The molecule has 1 amide bonds. The van der Waals surface area contributed by atoms with Gasteiger partial charge in [0.15, 0.2) is 5.69 Å². The molecule has 0 unspecified atom stereocenters. The lowest BCUT2D eigenvalue weighted by atomic mass is 10.3. The molecule has 2 rings (SSSR count). The Morgan fingerprint density at radius 2 is 2.06 bits per heavy atom. The molecule has 18 heavy (non-hydrogen) atoms. The van der Waals surface area contributed by atoms with Gasteiger partial charge in [0, 0.05) is 7.05 Å². The highest BCUT2D eigenvalue weighted by molar-refractivity contribution is 6.29. The number of carbonyl (C=O) groups is 1. The molecule has 8 heteroatoms. The van der Waals surface area contributed by atoms with Crippen LogP contribution in [0.4, 0.5) is 0 Å². The van der Waals surface area contributed by atoms with E-state index in [2.05, 4.69) is 15.2 Å². The highest BCUT2D eigenvalue weighted by Crippen LogP contribution is 2.16. The summed E-state index contributed by atoms with van der Waals surface area (Å²) >= 11 is 5.80. The number of hydrogen-bond acceptors (Lipinski definition) is 5. The quantitative estimate of drug-likeness (QED) is 0.611. The minimum atomic E-state index is -0.438. The fraction of sp³-hybridized carbons (Fsp3) is 0.200. The number of rotatable bonds is 3. The zero-order valence-electron chi connectivity index (χ0n) is 9.74. The van der Waals surface area contributed by atoms with E-state index in [1.165, 1.54) is 31.3 Å². The molecule has 0 saturated heterocycles. The maximum Gasteiger partial charge on any atom is 0.298 e. The number of pyridine rings is 1.